The Morgan fingerprint density at radius 3 is 2.64 bits per heavy atom. The smallest absolute Gasteiger partial charge is 0.272 e. The van der Waals surface area contributed by atoms with Crippen molar-refractivity contribution in [3.05, 3.63) is 70.2 Å². The van der Waals surface area contributed by atoms with E-state index in [-0.39, 0.29) is 11.7 Å². The van der Waals surface area contributed by atoms with Crippen molar-refractivity contribution >= 4 is 34.9 Å². The van der Waals surface area contributed by atoms with Crippen LogP contribution in [0.3, 0.4) is 0 Å². The number of thioether (sulfide) groups is 1. The third-order valence-electron chi connectivity index (χ3n) is 4.71. The van der Waals surface area contributed by atoms with E-state index in [4.69, 9.17) is 0 Å². The lowest BCUT2D eigenvalue weighted by molar-refractivity contribution is -0.119. The number of carbonyl (C=O) groups is 2. The average Bonchev–Trinajstić information content (AvgIpc) is 3.45. The number of amides is 2. The molecule has 9 nitrogen and oxygen atoms in total. The minimum Gasteiger partial charge on any atom is -0.272 e. The molecular formula is C22H21N7O2S2. The summed E-state index contributed by atoms with van der Waals surface area (Å²) in [6.07, 6.45) is 0. The topological polar surface area (TPSA) is 115 Å². The minimum absolute atomic E-state index is 0.0302. The van der Waals surface area contributed by atoms with Crippen LogP contribution in [0.25, 0.3) is 16.3 Å². The first-order valence-electron chi connectivity index (χ1n) is 10.0. The molecule has 2 N–H and O–H groups in total. The fourth-order valence-electron chi connectivity index (χ4n) is 3.03. The Kier molecular flexibility index (Phi) is 6.80. The van der Waals surface area contributed by atoms with E-state index >= 15 is 0 Å². The van der Waals surface area contributed by atoms with Gasteiger partial charge in [0.2, 0.25) is 11.1 Å². The standard InChI is InChI=1S/C22H21N7O2S2/c1-13-9-10-14(2)17(11-13)29-22(26-27-28-29)32-12-18(30)24-25-20(31)19-15(3)23-21(33-19)16-7-5-4-6-8-16/h4-11H,12H2,1-3H3,(H,24,30)(H,25,31). The summed E-state index contributed by atoms with van der Waals surface area (Å²) >= 11 is 2.45. The molecule has 2 amide bonds. The zero-order valence-electron chi connectivity index (χ0n) is 18.2. The van der Waals surface area contributed by atoms with Gasteiger partial charge in [-0.05, 0) is 48.4 Å². The number of hydrogen-bond acceptors (Lipinski definition) is 8. The second kappa shape index (κ2) is 9.92. The summed E-state index contributed by atoms with van der Waals surface area (Å²) in [5.41, 5.74) is 9.39. The van der Waals surface area contributed by atoms with Gasteiger partial charge in [-0.25, -0.2) is 4.98 Å². The van der Waals surface area contributed by atoms with Gasteiger partial charge in [0.05, 0.1) is 17.1 Å². The van der Waals surface area contributed by atoms with E-state index in [1.54, 1.807) is 11.6 Å². The Morgan fingerprint density at radius 1 is 1.06 bits per heavy atom. The predicted molar refractivity (Wildman–Crippen MR) is 127 cm³/mol. The first-order chi connectivity index (χ1) is 15.9. The van der Waals surface area contributed by atoms with Crippen molar-refractivity contribution in [2.75, 3.05) is 5.75 Å². The lowest BCUT2D eigenvalue weighted by Crippen LogP contribution is -2.42. The molecule has 0 aliphatic carbocycles. The van der Waals surface area contributed by atoms with E-state index < -0.39 is 5.91 Å². The van der Waals surface area contributed by atoms with Crippen LogP contribution in [0.2, 0.25) is 0 Å². The molecule has 33 heavy (non-hydrogen) atoms. The molecule has 4 rings (SSSR count). The van der Waals surface area contributed by atoms with E-state index in [1.807, 2.05) is 62.4 Å². The lowest BCUT2D eigenvalue weighted by Gasteiger charge is -2.09. The Balaban J connectivity index is 1.35. The highest BCUT2D eigenvalue weighted by Crippen LogP contribution is 2.27. The highest BCUT2D eigenvalue weighted by Gasteiger charge is 2.18. The van der Waals surface area contributed by atoms with Crippen molar-refractivity contribution in [1.82, 2.24) is 36.0 Å². The number of benzene rings is 2. The van der Waals surface area contributed by atoms with Crippen molar-refractivity contribution in [3.63, 3.8) is 0 Å². The third-order valence-corrected chi connectivity index (χ3v) is 6.83. The summed E-state index contributed by atoms with van der Waals surface area (Å²) in [6.45, 7) is 5.73. The van der Waals surface area contributed by atoms with Gasteiger partial charge in [0.1, 0.15) is 9.88 Å². The number of tetrazole rings is 1. The summed E-state index contributed by atoms with van der Waals surface area (Å²) in [5, 5.41) is 13.0. The van der Waals surface area contributed by atoms with Gasteiger partial charge >= 0.3 is 0 Å². The van der Waals surface area contributed by atoms with Crippen LogP contribution in [0.5, 0.6) is 0 Å². The highest BCUT2D eigenvalue weighted by molar-refractivity contribution is 7.99. The highest BCUT2D eigenvalue weighted by atomic mass is 32.2. The van der Waals surface area contributed by atoms with Crippen molar-refractivity contribution in [2.24, 2.45) is 0 Å². The van der Waals surface area contributed by atoms with Crippen LogP contribution in [0.4, 0.5) is 0 Å². The molecule has 0 bridgehead atoms. The molecule has 2 aromatic carbocycles. The molecule has 0 fully saturated rings. The van der Waals surface area contributed by atoms with Crippen LogP contribution < -0.4 is 10.9 Å². The first-order valence-corrected chi connectivity index (χ1v) is 11.8. The van der Waals surface area contributed by atoms with Gasteiger partial charge in [-0.3, -0.25) is 20.4 Å². The molecule has 0 aliphatic heterocycles. The minimum atomic E-state index is -0.411. The molecule has 0 atom stereocenters. The second-order valence-electron chi connectivity index (χ2n) is 7.25. The first kappa shape index (κ1) is 22.6. The average molecular weight is 480 g/mol. The van der Waals surface area contributed by atoms with Crippen molar-refractivity contribution in [3.8, 4) is 16.3 Å². The summed E-state index contributed by atoms with van der Waals surface area (Å²) < 4.78 is 1.60. The molecule has 168 valence electrons. The van der Waals surface area contributed by atoms with E-state index in [2.05, 4.69) is 31.4 Å². The van der Waals surface area contributed by atoms with Gasteiger partial charge in [0.15, 0.2) is 0 Å². The quantitative estimate of drug-likeness (QED) is 0.322. The van der Waals surface area contributed by atoms with Gasteiger partial charge in [-0.1, -0.05) is 54.2 Å². The van der Waals surface area contributed by atoms with E-state index in [0.717, 1.165) is 27.4 Å². The van der Waals surface area contributed by atoms with Crippen LogP contribution in [0.1, 0.15) is 26.5 Å². The molecular weight excluding hydrogens is 458 g/mol. The summed E-state index contributed by atoms with van der Waals surface area (Å²) in [5.74, 6) is -0.761. The molecule has 0 radical (unpaired) electrons. The normalized spacial score (nSPS) is 10.8. The maximum atomic E-state index is 12.6. The second-order valence-corrected chi connectivity index (χ2v) is 9.20. The van der Waals surface area contributed by atoms with Crippen LogP contribution >= 0.6 is 23.1 Å². The number of rotatable bonds is 6. The predicted octanol–water partition coefficient (Wildman–Crippen LogP) is 3.26. The number of carbonyl (C=O) groups excluding carboxylic acids is 2. The molecule has 0 saturated carbocycles. The number of hydrogen-bond donors (Lipinski definition) is 2. The van der Waals surface area contributed by atoms with Gasteiger partial charge in [-0.2, -0.15) is 4.68 Å². The van der Waals surface area contributed by atoms with Crippen molar-refractivity contribution in [2.45, 2.75) is 25.9 Å². The van der Waals surface area contributed by atoms with Gasteiger partial charge in [0, 0.05) is 5.56 Å². The van der Waals surface area contributed by atoms with E-state index in [1.165, 1.54) is 23.1 Å². The van der Waals surface area contributed by atoms with Crippen LogP contribution in [-0.2, 0) is 4.79 Å². The Hall–Kier alpha value is -3.57. The Labute approximate surface area is 198 Å². The largest absolute Gasteiger partial charge is 0.281 e. The van der Waals surface area contributed by atoms with Crippen LogP contribution in [-0.4, -0.2) is 42.8 Å². The number of hydrazine groups is 1. The van der Waals surface area contributed by atoms with E-state index in [9.17, 15) is 9.59 Å². The maximum absolute atomic E-state index is 12.6. The molecule has 2 aromatic heterocycles. The SMILES string of the molecule is Cc1ccc(C)c(-n2nnnc2SCC(=O)NNC(=O)c2sc(-c3ccccc3)nc2C)c1. The molecule has 0 spiro atoms. The third kappa shape index (κ3) is 5.26. The molecule has 0 aliphatic rings. The fraction of sp³-hybridized carbons (Fsp3) is 0.182. The van der Waals surface area contributed by atoms with Crippen LogP contribution in [0.15, 0.2) is 53.7 Å². The van der Waals surface area contributed by atoms with Crippen molar-refractivity contribution in [1.29, 1.82) is 0 Å². The Bertz CT molecular complexity index is 1300. The molecule has 0 saturated heterocycles. The lowest BCUT2D eigenvalue weighted by atomic mass is 10.1. The van der Waals surface area contributed by atoms with Gasteiger partial charge in [0.25, 0.3) is 5.91 Å². The van der Waals surface area contributed by atoms with E-state index in [0.29, 0.717) is 15.7 Å². The zero-order valence-corrected chi connectivity index (χ0v) is 19.8. The number of aryl methyl sites for hydroxylation is 3. The molecule has 2 heterocycles. The molecule has 0 unspecified atom stereocenters. The molecule has 4 aromatic rings. The summed E-state index contributed by atoms with van der Waals surface area (Å²) in [4.78, 5) is 29.8. The summed E-state index contributed by atoms with van der Waals surface area (Å²) in [6, 6.07) is 15.6. The number of thiazole rings is 1. The zero-order chi connectivity index (χ0) is 23.4. The molecule has 11 heteroatoms. The van der Waals surface area contributed by atoms with Gasteiger partial charge < -0.3 is 0 Å². The Morgan fingerprint density at radius 2 is 1.85 bits per heavy atom. The fourth-order valence-corrected chi connectivity index (χ4v) is 4.68. The number of nitrogens with one attached hydrogen (secondary N) is 2. The van der Waals surface area contributed by atoms with Gasteiger partial charge in [-0.15, -0.1) is 16.4 Å². The maximum Gasteiger partial charge on any atom is 0.281 e. The monoisotopic (exact) mass is 479 g/mol. The van der Waals surface area contributed by atoms with Crippen molar-refractivity contribution < 1.29 is 9.59 Å². The number of aromatic nitrogens is 5. The number of nitrogens with zero attached hydrogens (tertiary/aromatic N) is 5. The van der Waals surface area contributed by atoms with Crippen LogP contribution in [0, 0.1) is 20.8 Å². The summed E-state index contributed by atoms with van der Waals surface area (Å²) in [7, 11) is 0.